The monoisotopic (exact) mass is 464 g/mol. The van der Waals surface area contributed by atoms with E-state index in [1.165, 1.54) is 16.6 Å². The second-order valence-electron chi connectivity index (χ2n) is 7.87. The second kappa shape index (κ2) is 8.68. The molecule has 3 aromatic rings. The lowest BCUT2D eigenvalue weighted by molar-refractivity contribution is -0.111. The average Bonchev–Trinajstić information content (AvgIpc) is 3.23. The van der Waals surface area contributed by atoms with Gasteiger partial charge < -0.3 is 16.0 Å². The van der Waals surface area contributed by atoms with Gasteiger partial charge in [-0.1, -0.05) is 30.9 Å². The van der Waals surface area contributed by atoms with E-state index in [1.54, 1.807) is 12.1 Å². The minimum absolute atomic E-state index is 0.296. The van der Waals surface area contributed by atoms with Gasteiger partial charge in [0, 0.05) is 29.9 Å². The number of amides is 2. The second-order valence-corrected chi connectivity index (χ2v) is 9.85. The molecule has 0 aliphatic carbocycles. The zero-order chi connectivity index (χ0) is 23.8. The number of anilines is 1. The predicted molar refractivity (Wildman–Crippen MR) is 130 cm³/mol. The van der Waals surface area contributed by atoms with Gasteiger partial charge >= 0.3 is 0 Å². The van der Waals surface area contributed by atoms with Crippen molar-refractivity contribution in [2.24, 2.45) is 5.73 Å². The van der Waals surface area contributed by atoms with Crippen LogP contribution in [0.3, 0.4) is 0 Å². The summed E-state index contributed by atoms with van der Waals surface area (Å²) in [7, 11) is -3.25. The van der Waals surface area contributed by atoms with Gasteiger partial charge in [-0.2, -0.15) is 4.31 Å². The molecular weight excluding hydrogens is 440 g/mol. The van der Waals surface area contributed by atoms with Crippen LogP contribution in [0.2, 0.25) is 0 Å². The molecule has 0 radical (unpaired) electrons. The zero-order valence-corrected chi connectivity index (χ0v) is 18.9. The van der Waals surface area contributed by atoms with Gasteiger partial charge in [-0.3, -0.25) is 9.59 Å². The number of benzene rings is 2. The van der Waals surface area contributed by atoms with Gasteiger partial charge in [-0.25, -0.2) is 8.42 Å². The molecule has 0 fully saturated rings. The summed E-state index contributed by atoms with van der Waals surface area (Å²) in [6, 6.07) is 12.8. The van der Waals surface area contributed by atoms with Crippen molar-refractivity contribution in [1.29, 1.82) is 0 Å². The van der Waals surface area contributed by atoms with Crippen molar-refractivity contribution in [1.82, 2.24) is 9.29 Å². The number of carbonyl (C=O) groups excluding carboxylic acids is 2. The Bertz CT molecular complexity index is 1420. The molecule has 8 nitrogen and oxygen atoms in total. The highest BCUT2D eigenvalue weighted by molar-refractivity contribution is 7.88. The highest BCUT2D eigenvalue weighted by Crippen LogP contribution is 2.35. The number of hydrogen-bond acceptors (Lipinski definition) is 4. The summed E-state index contributed by atoms with van der Waals surface area (Å²) in [5.41, 5.74) is 10.7. The van der Waals surface area contributed by atoms with Gasteiger partial charge in [0.15, 0.2) is 0 Å². The van der Waals surface area contributed by atoms with Crippen molar-refractivity contribution in [3.63, 3.8) is 0 Å². The van der Waals surface area contributed by atoms with Crippen LogP contribution in [0.1, 0.15) is 22.5 Å². The standard InChI is InChI=1S/C24H24N4O4S/c1-3-22(29)26-17-6-4-5-16(13-17)18-7-8-19(24(25)30)23-20(18)14-21(27-23)15-9-11-28(12-10-15)33(2,31)32/h3-9,13-14,27H,1,10-12H2,2H3,(H2,25,30)(H,26,29). The number of carbonyl (C=O) groups is 2. The molecule has 33 heavy (non-hydrogen) atoms. The number of hydrogen-bond donors (Lipinski definition) is 3. The summed E-state index contributed by atoms with van der Waals surface area (Å²) < 4.78 is 25.0. The van der Waals surface area contributed by atoms with Crippen LogP contribution in [-0.2, 0) is 14.8 Å². The topological polar surface area (TPSA) is 125 Å². The van der Waals surface area contributed by atoms with Crippen molar-refractivity contribution in [3.8, 4) is 11.1 Å². The van der Waals surface area contributed by atoms with Crippen LogP contribution in [0.5, 0.6) is 0 Å². The van der Waals surface area contributed by atoms with E-state index in [1.807, 2.05) is 36.4 Å². The molecule has 4 rings (SSSR count). The number of aromatic nitrogens is 1. The van der Waals surface area contributed by atoms with E-state index in [0.29, 0.717) is 36.3 Å². The number of nitrogens with one attached hydrogen (secondary N) is 2. The van der Waals surface area contributed by atoms with Gasteiger partial charge in [0.05, 0.1) is 17.3 Å². The third-order valence-electron chi connectivity index (χ3n) is 5.67. The van der Waals surface area contributed by atoms with Crippen LogP contribution >= 0.6 is 0 Å². The Morgan fingerprint density at radius 2 is 2.00 bits per heavy atom. The molecule has 0 atom stereocenters. The first-order valence-electron chi connectivity index (χ1n) is 10.3. The maximum atomic E-state index is 12.1. The summed E-state index contributed by atoms with van der Waals surface area (Å²) in [6.45, 7) is 4.15. The fourth-order valence-corrected chi connectivity index (χ4v) is 4.77. The number of nitrogens with zero attached hydrogens (tertiary/aromatic N) is 1. The molecule has 0 bridgehead atoms. The van der Waals surface area contributed by atoms with E-state index in [0.717, 1.165) is 27.8 Å². The van der Waals surface area contributed by atoms with Crippen LogP contribution in [0.25, 0.3) is 27.6 Å². The number of nitrogens with two attached hydrogens (primary N) is 1. The molecular formula is C24H24N4O4S. The summed E-state index contributed by atoms with van der Waals surface area (Å²) in [5.74, 6) is -0.856. The SMILES string of the molecule is C=CC(=O)Nc1cccc(-c2ccc(C(N)=O)c3[nH]c(C4=CCN(S(C)(=O)=O)CC4)cc23)c1. The Labute approximate surface area is 191 Å². The van der Waals surface area contributed by atoms with Crippen LogP contribution in [0.15, 0.2) is 61.2 Å². The van der Waals surface area contributed by atoms with Gasteiger partial charge in [0.2, 0.25) is 15.9 Å². The van der Waals surface area contributed by atoms with E-state index in [2.05, 4.69) is 16.9 Å². The lowest BCUT2D eigenvalue weighted by atomic mass is 9.98. The fourth-order valence-electron chi connectivity index (χ4n) is 4.00. The number of fused-ring (bicyclic) bond motifs is 1. The van der Waals surface area contributed by atoms with Gasteiger partial charge in [-0.15, -0.1) is 0 Å². The van der Waals surface area contributed by atoms with E-state index in [-0.39, 0.29) is 5.91 Å². The summed E-state index contributed by atoms with van der Waals surface area (Å²) in [4.78, 5) is 27.1. The number of H-pyrrole nitrogens is 1. The van der Waals surface area contributed by atoms with Crippen molar-refractivity contribution in [2.75, 3.05) is 24.7 Å². The largest absolute Gasteiger partial charge is 0.366 e. The van der Waals surface area contributed by atoms with Crippen molar-refractivity contribution in [2.45, 2.75) is 6.42 Å². The van der Waals surface area contributed by atoms with E-state index >= 15 is 0 Å². The molecule has 2 amide bonds. The number of aromatic amines is 1. The van der Waals surface area contributed by atoms with E-state index < -0.39 is 15.9 Å². The molecule has 1 aliphatic heterocycles. The lowest BCUT2D eigenvalue weighted by Gasteiger charge is -2.23. The lowest BCUT2D eigenvalue weighted by Crippen LogP contribution is -2.33. The Hall–Kier alpha value is -3.69. The minimum atomic E-state index is -3.25. The smallest absolute Gasteiger partial charge is 0.250 e. The zero-order valence-electron chi connectivity index (χ0n) is 18.1. The Morgan fingerprint density at radius 3 is 2.64 bits per heavy atom. The molecule has 4 N–H and O–H groups in total. The number of sulfonamides is 1. The van der Waals surface area contributed by atoms with Crippen molar-refractivity contribution < 1.29 is 18.0 Å². The number of primary amides is 1. The van der Waals surface area contributed by atoms with Crippen molar-refractivity contribution in [3.05, 3.63) is 72.5 Å². The first-order chi connectivity index (χ1) is 15.7. The maximum Gasteiger partial charge on any atom is 0.250 e. The molecule has 0 saturated heterocycles. The minimum Gasteiger partial charge on any atom is -0.366 e. The summed E-state index contributed by atoms with van der Waals surface area (Å²) >= 11 is 0. The third kappa shape index (κ3) is 4.59. The van der Waals surface area contributed by atoms with E-state index in [4.69, 9.17) is 5.73 Å². The molecule has 0 unspecified atom stereocenters. The Balaban J connectivity index is 1.80. The third-order valence-corrected chi connectivity index (χ3v) is 6.94. The highest BCUT2D eigenvalue weighted by atomic mass is 32.2. The number of rotatable bonds is 6. The van der Waals surface area contributed by atoms with Gasteiger partial charge in [-0.05, 0) is 53.5 Å². The summed E-state index contributed by atoms with van der Waals surface area (Å²) in [6.07, 6.45) is 4.83. The molecule has 2 heterocycles. The van der Waals surface area contributed by atoms with E-state index in [9.17, 15) is 18.0 Å². The molecule has 1 aliphatic rings. The van der Waals surface area contributed by atoms with Crippen LogP contribution in [0, 0.1) is 0 Å². The predicted octanol–water partition coefficient (Wildman–Crippen LogP) is 3.11. The van der Waals surface area contributed by atoms with Crippen LogP contribution in [-0.4, -0.2) is 48.9 Å². The Morgan fingerprint density at radius 1 is 1.21 bits per heavy atom. The van der Waals surface area contributed by atoms with Gasteiger partial charge in [0.25, 0.3) is 5.91 Å². The molecule has 9 heteroatoms. The quantitative estimate of drug-likeness (QED) is 0.485. The van der Waals surface area contributed by atoms with Crippen molar-refractivity contribution >= 4 is 44.0 Å². The highest BCUT2D eigenvalue weighted by Gasteiger charge is 2.22. The Kier molecular flexibility index (Phi) is 5.92. The molecule has 170 valence electrons. The van der Waals surface area contributed by atoms with Gasteiger partial charge in [0.1, 0.15) is 0 Å². The van der Waals surface area contributed by atoms with Crippen LogP contribution in [0.4, 0.5) is 5.69 Å². The first-order valence-corrected chi connectivity index (χ1v) is 12.2. The van der Waals surface area contributed by atoms with Crippen LogP contribution < -0.4 is 11.1 Å². The molecule has 2 aromatic carbocycles. The average molecular weight is 465 g/mol. The maximum absolute atomic E-state index is 12.1. The molecule has 0 spiro atoms. The molecule has 1 aromatic heterocycles. The first kappa shape index (κ1) is 22.5. The molecule has 0 saturated carbocycles. The fraction of sp³-hybridized carbons (Fsp3) is 0.167. The summed E-state index contributed by atoms with van der Waals surface area (Å²) in [5, 5.41) is 3.56. The normalized spacial score (nSPS) is 14.6.